The van der Waals surface area contributed by atoms with Crippen molar-refractivity contribution in [1.82, 2.24) is 0 Å². The Kier molecular flexibility index (Phi) is 3.04. The van der Waals surface area contributed by atoms with Crippen LogP contribution in [0.4, 0.5) is 5.69 Å². The predicted molar refractivity (Wildman–Crippen MR) is 58.5 cm³/mol. The van der Waals surface area contributed by atoms with Gasteiger partial charge in [-0.2, -0.15) is 0 Å². The lowest BCUT2D eigenvalue weighted by atomic mass is 10.1. The summed E-state index contributed by atoms with van der Waals surface area (Å²) in [6, 6.07) is 10.5. The molecule has 0 radical (unpaired) electrons. The molecule has 1 atom stereocenters. The second kappa shape index (κ2) is 4.47. The van der Waals surface area contributed by atoms with E-state index in [0.717, 1.165) is 19.5 Å². The van der Waals surface area contributed by atoms with Gasteiger partial charge < -0.3 is 10.0 Å². The van der Waals surface area contributed by atoms with E-state index < -0.39 is 0 Å². The number of para-hydroxylation sites is 1. The van der Waals surface area contributed by atoms with Gasteiger partial charge in [-0.15, -0.1) is 0 Å². The minimum Gasteiger partial charge on any atom is -0.396 e. The summed E-state index contributed by atoms with van der Waals surface area (Å²) < 4.78 is 0. The molecule has 1 aliphatic heterocycles. The normalized spacial score (nSPS) is 21.5. The van der Waals surface area contributed by atoms with Crippen molar-refractivity contribution >= 4 is 5.69 Å². The minimum atomic E-state index is 0.327. The molecular formula is C12H17NO. The summed E-state index contributed by atoms with van der Waals surface area (Å²) in [6.45, 7) is 2.56. The number of hydrogen-bond acceptors (Lipinski definition) is 2. The van der Waals surface area contributed by atoms with Gasteiger partial charge in [-0.05, 0) is 30.9 Å². The quantitative estimate of drug-likeness (QED) is 0.788. The maximum atomic E-state index is 8.86. The number of hydrogen-bond donors (Lipinski definition) is 1. The van der Waals surface area contributed by atoms with E-state index in [1.165, 1.54) is 12.1 Å². The summed E-state index contributed by atoms with van der Waals surface area (Å²) in [7, 11) is 0. The fourth-order valence-electron chi connectivity index (χ4n) is 2.12. The Labute approximate surface area is 85.2 Å². The molecule has 2 rings (SSSR count). The van der Waals surface area contributed by atoms with Crippen molar-refractivity contribution in [1.29, 1.82) is 0 Å². The summed E-state index contributed by atoms with van der Waals surface area (Å²) >= 11 is 0. The average molecular weight is 191 g/mol. The molecule has 0 saturated carbocycles. The Morgan fingerprint density at radius 1 is 1.29 bits per heavy atom. The molecule has 1 heterocycles. The molecule has 1 aromatic rings. The van der Waals surface area contributed by atoms with Gasteiger partial charge in [-0.1, -0.05) is 18.2 Å². The lowest BCUT2D eigenvalue weighted by Gasteiger charge is -2.18. The molecule has 0 spiro atoms. The van der Waals surface area contributed by atoms with Crippen molar-refractivity contribution in [2.24, 2.45) is 5.92 Å². The van der Waals surface area contributed by atoms with Crippen molar-refractivity contribution in [2.45, 2.75) is 12.8 Å². The molecule has 1 aliphatic rings. The molecule has 0 aromatic heterocycles. The maximum absolute atomic E-state index is 8.86. The zero-order chi connectivity index (χ0) is 9.80. The Balaban J connectivity index is 1.96. The SMILES string of the molecule is OCC[C@@H]1CCN(c2ccccc2)C1. The van der Waals surface area contributed by atoms with Gasteiger partial charge in [0.05, 0.1) is 0 Å². The van der Waals surface area contributed by atoms with Crippen LogP contribution in [0.25, 0.3) is 0 Å². The van der Waals surface area contributed by atoms with Crippen LogP contribution < -0.4 is 4.90 Å². The van der Waals surface area contributed by atoms with Gasteiger partial charge >= 0.3 is 0 Å². The first-order chi connectivity index (χ1) is 6.90. The first-order valence-corrected chi connectivity index (χ1v) is 5.31. The highest BCUT2D eigenvalue weighted by molar-refractivity contribution is 5.46. The molecule has 14 heavy (non-hydrogen) atoms. The second-order valence-electron chi connectivity index (χ2n) is 3.95. The van der Waals surface area contributed by atoms with E-state index in [2.05, 4.69) is 29.2 Å². The first kappa shape index (κ1) is 9.53. The molecule has 0 bridgehead atoms. The van der Waals surface area contributed by atoms with Crippen LogP contribution in [0, 0.1) is 5.92 Å². The maximum Gasteiger partial charge on any atom is 0.0434 e. The van der Waals surface area contributed by atoms with Gasteiger partial charge in [-0.25, -0.2) is 0 Å². The summed E-state index contributed by atoms with van der Waals surface area (Å²) in [5.74, 6) is 0.681. The zero-order valence-electron chi connectivity index (χ0n) is 8.39. The van der Waals surface area contributed by atoms with Crippen LogP contribution >= 0.6 is 0 Å². The van der Waals surface area contributed by atoms with Crippen molar-refractivity contribution in [3.63, 3.8) is 0 Å². The summed E-state index contributed by atoms with van der Waals surface area (Å²) in [4.78, 5) is 2.40. The number of aliphatic hydroxyl groups excluding tert-OH is 1. The van der Waals surface area contributed by atoms with Gasteiger partial charge in [0.2, 0.25) is 0 Å². The third-order valence-corrected chi connectivity index (χ3v) is 2.94. The standard InChI is InChI=1S/C12H17NO/c14-9-7-11-6-8-13(10-11)12-4-2-1-3-5-12/h1-5,11,14H,6-10H2/t11-/m0/s1. The summed E-state index contributed by atoms with van der Waals surface area (Å²) in [6.07, 6.45) is 2.17. The number of anilines is 1. The number of rotatable bonds is 3. The van der Waals surface area contributed by atoms with Crippen LogP contribution in [0.1, 0.15) is 12.8 Å². The van der Waals surface area contributed by atoms with Crippen LogP contribution in [0.5, 0.6) is 0 Å². The molecule has 0 unspecified atom stereocenters. The van der Waals surface area contributed by atoms with E-state index in [0.29, 0.717) is 12.5 Å². The molecule has 1 N–H and O–H groups in total. The minimum absolute atomic E-state index is 0.327. The third-order valence-electron chi connectivity index (χ3n) is 2.94. The van der Waals surface area contributed by atoms with E-state index >= 15 is 0 Å². The highest BCUT2D eigenvalue weighted by Gasteiger charge is 2.21. The predicted octanol–water partition coefficient (Wildman–Crippen LogP) is 1.90. The van der Waals surface area contributed by atoms with Crippen molar-refractivity contribution in [2.75, 3.05) is 24.6 Å². The smallest absolute Gasteiger partial charge is 0.0434 e. The van der Waals surface area contributed by atoms with Crippen LogP contribution in [-0.4, -0.2) is 24.8 Å². The highest BCUT2D eigenvalue weighted by atomic mass is 16.3. The van der Waals surface area contributed by atoms with Crippen molar-refractivity contribution in [3.05, 3.63) is 30.3 Å². The van der Waals surface area contributed by atoms with E-state index in [1.54, 1.807) is 0 Å². The Bertz CT molecular complexity index is 273. The molecular weight excluding hydrogens is 174 g/mol. The Morgan fingerprint density at radius 3 is 2.79 bits per heavy atom. The molecule has 1 fully saturated rings. The van der Waals surface area contributed by atoms with E-state index in [1.807, 2.05) is 6.07 Å². The van der Waals surface area contributed by atoms with Crippen molar-refractivity contribution < 1.29 is 5.11 Å². The number of benzene rings is 1. The third kappa shape index (κ3) is 2.07. The van der Waals surface area contributed by atoms with Gasteiger partial charge in [0.1, 0.15) is 0 Å². The Hall–Kier alpha value is -1.02. The second-order valence-corrected chi connectivity index (χ2v) is 3.95. The van der Waals surface area contributed by atoms with Gasteiger partial charge in [0.15, 0.2) is 0 Å². The molecule has 0 amide bonds. The van der Waals surface area contributed by atoms with E-state index in [4.69, 9.17) is 5.11 Å². The van der Waals surface area contributed by atoms with Gasteiger partial charge in [0.25, 0.3) is 0 Å². The number of nitrogens with zero attached hydrogens (tertiary/aromatic N) is 1. The molecule has 2 heteroatoms. The largest absolute Gasteiger partial charge is 0.396 e. The molecule has 76 valence electrons. The van der Waals surface area contributed by atoms with E-state index in [-0.39, 0.29) is 0 Å². The van der Waals surface area contributed by atoms with E-state index in [9.17, 15) is 0 Å². The monoisotopic (exact) mass is 191 g/mol. The van der Waals surface area contributed by atoms with Gasteiger partial charge in [-0.3, -0.25) is 0 Å². The molecule has 0 aliphatic carbocycles. The summed E-state index contributed by atoms with van der Waals surface area (Å²) in [5, 5.41) is 8.86. The topological polar surface area (TPSA) is 23.5 Å². The van der Waals surface area contributed by atoms with Crippen LogP contribution in [-0.2, 0) is 0 Å². The van der Waals surface area contributed by atoms with Crippen LogP contribution in [0.15, 0.2) is 30.3 Å². The lowest BCUT2D eigenvalue weighted by molar-refractivity contribution is 0.263. The lowest BCUT2D eigenvalue weighted by Crippen LogP contribution is -2.19. The fourth-order valence-corrected chi connectivity index (χ4v) is 2.12. The highest BCUT2D eigenvalue weighted by Crippen LogP contribution is 2.24. The Morgan fingerprint density at radius 2 is 2.07 bits per heavy atom. The molecule has 1 saturated heterocycles. The van der Waals surface area contributed by atoms with Crippen LogP contribution in [0.3, 0.4) is 0 Å². The summed E-state index contributed by atoms with van der Waals surface area (Å²) in [5.41, 5.74) is 1.31. The van der Waals surface area contributed by atoms with Gasteiger partial charge in [0, 0.05) is 25.4 Å². The van der Waals surface area contributed by atoms with Crippen molar-refractivity contribution in [3.8, 4) is 0 Å². The average Bonchev–Trinajstić information content (AvgIpc) is 2.68. The first-order valence-electron chi connectivity index (χ1n) is 5.31. The fraction of sp³-hybridized carbons (Fsp3) is 0.500. The number of aliphatic hydroxyl groups is 1. The molecule has 2 nitrogen and oxygen atoms in total. The van der Waals surface area contributed by atoms with Crippen LogP contribution in [0.2, 0.25) is 0 Å². The molecule has 1 aromatic carbocycles. The zero-order valence-corrected chi connectivity index (χ0v) is 8.39.